The molecule has 1 heterocycles. The number of benzene rings is 1. The molecule has 1 aromatic heterocycles. The Kier molecular flexibility index (Phi) is 5.39. The van der Waals surface area contributed by atoms with Crippen LogP contribution in [0.2, 0.25) is 0 Å². The minimum atomic E-state index is 0.125. The smallest absolute Gasteiger partial charge is 0.230 e. The lowest BCUT2D eigenvalue weighted by molar-refractivity contribution is -0.119. The van der Waals surface area contributed by atoms with Gasteiger partial charge in [0.05, 0.1) is 11.5 Å². The molecule has 0 radical (unpaired) electrons. The molecule has 1 N–H and O–H groups in total. The highest BCUT2D eigenvalue weighted by molar-refractivity contribution is 7.99. The number of rotatable bonds is 6. The number of amides is 1. The largest absolute Gasteiger partial charge is 0.360 e. The number of nitrogens with zero attached hydrogens (tertiary/aromatic N) is 1. The fraction of sp³-hybridized carbons (Fsp3) is 0.444. The summed E-state index contributed by atoms with van der Waals surface area (Å²) in [7, 11) is 0. The van der Waals surface area contributed by atoms with Gasteiger partial charge in [-0.3, -0.25) is 4.79 Å². The number of aryl methyl sites for hydroxylation is 1. The molecule has 4 nitrogen and oxygen atoms in total. The standard InChI is InChI=1S/C18H22N2O2S/c1-13-6-8-14(9-7-13)17-10-16(22-20-17)11-23-12-18(21)19-15-4-2-3-5-15/h6-10,15H,2-5,11-12H2,1H3,(H,19,21). The Morgan fingerprint density at radius 1 is 1.30 bits per heavy atom. The second kappa shape index (κ2) is 7.68. The summed E-state index contributed by atoms with van der Waals surface area (Å²) >= 11 is 1.56. The van der Waals surface area contributed by atoms with E-state index in [1.54, 1.807) is 11.8 Å². The van der Waals surface area contributed by atoms with Crippen LogP contribution >= 0.6 is 11.8 Å². The molecule has 5 heteroatoms. The van der Waals surface area contributed by atoms with Gasteiger partial charge in [0, 0.05) is 17.7 Å². The van der Waals surface area contributed by atoms with Crippen LogP contribution in [0.15, 0.2) is 34.9 Å². The second-order valence-electron chi connectivity index (χ2n) is 6.09. The molecular formula is C18H22N2O2S. The Morgan fingerprint density at radius 3 is 2.78 bits per heavy atom. The minimum Gasteiger partial charge on any atom is -0.360 e. The summed E-state index contributed by atoms with van der Waals surface area (Å²) in [5.41, 5.74) is 3.12. The Balaban J connectivity index is 1.45. The third-order valence-electron chi connectivity index (χ3n) is 4.10. The van der Waals surface area contributed by atoms with Crippen LogP contribution in [0.25, 0.3) is 11.3 Å². The van der Waals surface area contributed by atoms with Gasteiger partial charge >= 0.3 is 0 Å². The SMILES string of the molecule is Cc1ccc(-c2cc(CSCC(=O)NC3CCCC3)on2)cc1. The molecule has 0 spiro atoms. The summed E-state index contributed by atoms with van der Waals surface area (Å²) in [6.45, 7) is 2.06. The van der Waals surface area contributed by atoms with Crippen LogP contribution in [0.5, 0.6) is 0 Å². The van der Waals surface area contributed by atoms with E-state index in [4.69, 9.17) is 4.52 Å². The fourth-order valence-corrected chi connectivity index (χ4v) is 3.53. The highest BCUT2D eigenvalue weighted by Crippen LogP contribution is 2.22. The van der Waals surface area contributed by atoms with Gasteiger partial charge in [-0.15, -0.1) is 11.8 Å². The Hall–Kier alpha value is -1.75. The lowest BCUT2D eigenvalue weighted by atomic mass is 10.1. The van der Waals surface area contributed by atoms with Crippen molar-refractivity contribution in [2.24, 2.45) is 0 Å². The number of aromatic nitrogens is 1. The molecule has 0 aliphatic heterocycles. The first kappa shape index (κ1) is 16.1. The van der Waals surface area contributed by atoms with Crippen molar-refractivity contribution < 1.29 is 9.32 Å². The van der Waals surface area contributed by atoms with E-state index in [1.807, 2.05) is 18.2 Å². The van der Waals surface area contributed by atoms with Crippen LogP contribution in [0.4, 0.5) is 0 Å². The van der Waals surface area contributed by atoms with Crippen molar-refractivity contribution in [3.8, 4) is 11.3 Å². The third-order valence-corrected chi connectivity index (χ3v) is 5.06. The van der Waals surface area contributed by atoms with Crippen LogP contribution < -0.4 is 5.32 Å². The summed E-state index contributed by atoms with van der Waals surface area (Å²) in [4.78, 5) is 11.9. The van der Waals surface area contributed by atoms with Crippen molar-refractivity contribution in [2.45, 2.75) is 44.4 Å². The topological polar surface area (TPSA) is 55.1 Å². The highest BCUT2D eigenvalue weighted by atomic mass is 32.2. The number of hydrogen-bond acceptors (Lipinski definition) is 4. The minimum absolute atomic E-state index is 0.125. The molecule has 0 atom stereocenters. The van der Waals surface area contributed by atoms with E-state index < -0.39 is 0 Å². The Morgan fingerprint density at radius 2 is 2.04 bits per heavy atom. The van der Waals surface area contributed by atoms with E-state index >= 15 is 0 Å². The van der Waals surface area contributed by atoms with E-state index in [-0.39, 0.29) is 5.91 Å². The molecule has 2 aromatic rings. The molecule has 1 aliphatic rings. The van der Waals surface area contributed by atoms with Gasteiger partial charge in [0.1, 0.15) is 11.5 Å². The zero-order chi connectivity index (χ0) is 16.1. The van der Waals surface area contributed by atoms with E-state index in [1.165, 1.54) is 18.4 Å². The Labute approximate surface area is 141 Å². The van der Waals surface area contributed by atoms with Crippen molar-refractivity contribution >= 4 is 17.7 Å². The summed E-state index contributed by atoms with van der Waals surface area (Å²) in [5, 5.41) is 7.20. The molecule has 1 aromatic carbocycles. The van der Waals surface area contributed by atoms with Crippen LogP contribution in [0.1, 0.15) is 37.0 Å². The first-order valence-corrected chi connectivity index (χ1v) is 9.26. The van der Waals surface area contributed by atoms with Crippen molar-refractivity contribution in [3.63, 3.8) is 0 Å². The van der Waals surface area contributed by atoms with E-state index in [2.05, 4.69) is 29.5 Å². The molecule has 0 bridgehead atoms. The van der Waals surface area contributed by atoms with E-state index in [9.17, 15) is 4.79 Å². The van der Waals surface area contributed by atoms with Crippen molar-refractivity contribution in [1.29, 1.82) is 0 Å². The molecule has 23 heavy (non-hydrogen) atoms. The van der Waals surface area contributed by atoms with Gasteiger partial charge in [0.25, 0.3) is 0 Å². The van der Waals surface area contributed by atoms with Gasteiger partial charge in [-0.1, -0.05) is 47.8 Å². The van der Waals surface area contributed by atoms with Crippen LogP contribution in [0.3, 0.4) is 0 Å². The zero-order valence-corrected chi connectivity index (χ0v) is 14.2. The average Bonchev–Trinajstić information content (AvgIpc) is 3.20. The fourth-order valence-electron chi connectivity index (χ4n) is 2.83. The van der Waals surface area contributed by atoms with Crippen molar-refractivity contribution in [3.05, 3.63) is 41.7 Å². The molecular weight excluding hydrogens is 308 g/mol. The predicted molar refractivity (Wildman–Crippen MR) is 93.2 cm³/mol. The molecule has 0 saturated heterocycles. The normalized spacial score (nSPS) is 15.0. The lowest BCUT2D eigenvalue weighted by Crippen LogP contribution is -2.33. The van der Waals surface area contributed by atoms with Gasteiger partial charge < -0.3 is 9.84 Å². The maximum atomic E-state index is 11.9. The van der Waals surface area contributed by atoms with Gasteiger partial charge in [-0.25, -0.2) is 0 Å². The third kappa shape index (κ3) is 4.61. The zero-order valence-electron chi connectivity index (χ0n) is 13.4. The molecule has 122 valence electrons. The highest BCUT2D eigenvalue weighted by Gasteiger charge is 2.17. The summed E-state index contributed by atoms with van der Waals surface area (Å²) in [6.07, 6.45) is 4.72. The van der Waals surface area contributed by atoms with Crippen molar-refractivity contribution in [2.75, 3.05) is 5.75 Å². The molecule has 1 amide bonds. The number of thioether (sulfide) groups is 1. The molecule has 1 fully saturated rings. The van der Waals surface area contributed by atoms with Crippen LogP contribution in [0, 0.1) is 6.92 Å². The second-order valence-corrected chi connectivity index (χ2v) is 7.07. The van der Waals surface area contributed by atoms with Gasteiger partial charge in [0.15, 0.2) is 0 Å². The molecule has 3 rings (SSSR count). The first-order chi connectivity index (χ1) is 11.2. The van der Waals surface area contributed by atoms with Crippen molar-refractivity contribution in [1.82, 2.24) is 10.5 Å². The van der Waals surface area contributed by atoms with Gasteiger partial charge in [-0.05, 0) is 19.8 Å². The van der Waals surface area contributed by atoms with E-state index in [0.717, 1.165) is 29.9 Å². The molecule has 1 saturated carbocycles. The number of carbonyl (C=O) groups excluding carboxylic acids is 1. The van der Waals surface area contributed by atoms with Crippen LogP contribution in [-0.4, -0.2) is 22.9 Å². The van der Waals surface area contributed by atoms with E-state index in [0.29, 0.717) is 17.5 Å². The maximum Gasteiger partial charge on any atom is 0.230 e. The maximum absolute atomic E-state index is 11.9. The monoisotopic (exact) mass is 330 g/mol. The number of carbonyl (C=O) groups is 1. The summed E-state index contributed by atoms with van der Waals surface area (Å²) < 4.78 is 5.36. The predicted octanol–water partition coefficient (Wildman–Crippen LogP) is 3.94. The number of hydrogen-bond donors (Lipinski definition) is 1. The average molecular weight is 330 g/mol. The van der Waals surface area contributed by atoms with Gasteiger partial charge in [-0.2, -0.15) is 0 Å². The summed E-state index contributed by atoms with van der Waals surface area (Å²) in [5.74, 6) is 2.06. The quantitative estimate of drug-likeness (QED) is 0.871. The Bertz CT molecular complexity index is 645. The molecule has 1 aliphatic carbocycles. The number of nitrogens with one attached hydrogen (secondary N) is 1. The summed E-state index contributed by atoms with van der Waals surface area (Å²) in [6, 6.07) is 10.5. The lowest BCUT2D eigenvalue weighted by Gasteiger charge is -2.10. The van der Waals surface area contributed by atoms with Crippen LogP contribution in [-0.2, 0) is 10.5 Å². The first-order valence-electron chi connectivity index (χ1n) is 8.10. The molecule has 0 unspecified atom stereocenters. The van der Waals surface area contributed by atoms with Gasteiger partial charge in [0.2, 0.25) is 5.91 Å².